The van der Waals surface area contributed by atoms with E-state index in [4.69, 9.17) is 11.6 Å². The number of carbonyl (C=O) groups excluding carboxylic acids is 1. The Labute approximate surface area is 81.1 Å². The van der Waals surface area contributed by atoms with Crippen molar-refractivity contribution in [1.29, 1.82) is 0 Å². The molecule has 0 saturated carbocycles. The summed E-state index contributed by atoms with van der Waals surface area (Å²) in [6.45, 7) is 3.73. The van der Waals surface area contributed by atoms with Crippen LogP contribution in [0.2, 0.25) is 5.15 Å². The van der Waals surface area contributed by atoms with Crippen molar-refractivity contribution in [3.05, 3.63) is 23.0 Å². The van der Waals surface area contributed by atoms with E-state index in [1.165, 1.54) is 0 Å². The van der Waals surface area contributed by atoms with E-state index in [1.807, 2.05) is 13.8 Å². The van der Waals surface area contributed by atoms with Gasteiger partial charge in [-0.3, -0.25) is 4.79 Å². The normalized spacial score (nSPS) is 18.2. The number of anilines is 1. The van der Waals surface area contributed by atoms with E-state index in [-0.39, 0.29) is 5.91 Å². The zero-order valence-corrected chi connectivity index (χ0v) is 8.14. The first-order valence-corrected chi connectivity index (χ1v) is 4.37. The van der Waals surface area contributed by atoms with Crippen molar-refractivity contribution in [2.45, 2.75) is 19.3 Å². The number of nitrogens with one attached hydrogen (secondary N) is 1. The SMILES string of the molecule is CC1(C)C(=O)Nc2cc(Cl)ncc21. The average Bonchev–Trinajstić information content (AvgIpc) is 2.23. The van der Waals surface area contributed by atoms with Crippen molar-refractivity contribution in [2.75, 3.05) is 5.32 Å². The minimum Gasteiger partial charge on any atom is -0.325 e. The third kappa shape index (κ3) is 1.11. The molecule has 1 aliphatic heterocycles. The molecule has 1 aromatic heterocycles. The van der Waals surface area contributed by atoms with Gasteiger partial charge in [-0.1, -0.05) is 11.6 Å². The van der Waals surface area contributed by atoms with E-state index in [1.54, 1.807) is 12.3 Å². The molecule has 0 unspecified atom stereocenters. The van der Waals surface area contributed by atoms with E-state index < -0.39 is 5.41 Å². The highest BCUT2D eigenvalue weighted by molar-refractivity contribution is 6.29. The third-order valence-electron chi connectivity index (χ3n) is 2.36. The molecule has 13 heavy (non-hydrogen) atoms. The van der Waals surface area contributed by atoms with Gasteiger partial charge in [0.15, 0.2) is 0 Å². The molecule has 68 valence electrons. The Balaban J connectivity index is 2.62. The number of hydrogen-bond donors (Lipinski definition) is 1. The summed E-state index contributed by atoms with van der Waals surface area (Å²) in [4.78, 5) is 15.4. The second-order valence-electron chi connectivity index (χ2n) is 3.63. The smallest absolute Gasteiger partial charge is 0.234 e. The molecule has 0 saturated heterocycles. The predicted octanol–water partition coefficient (Wildman–Crippen LogP) is 1.96. The van der Waals surface area contributed by atoms with Crippen LogP contribution in [0.25, 0.3) is 0 Å². The number of halogens is 1. The highest BCUT2D eigenvalue weighted by atomic mass is 35.5. The molecule has 0 aromatic carbocycles. The highest BCUT2D eigenvalue weighted by Crippen LogP contribution is 2.37. The second kappa shape index (κ2) is 2.45. The van der Waals surface area contributed by atoms with Gasteiger partial charge in [-0.05, 0) is 19.9 Å². The summed E-state index contributed by atoms with van der Waals surface area (Å²) < 4.78 is 0. The van der Waals surface area contributed by atoms with Gasteiger partial charge in [-0.25, -0.2) is 4.98 Å². The monoisotopic (exact) mass is 196 g/mol. The molecule has 0 aliphatic carbocycles. The molecule has 1 N–H and O–H groups in total. The van der Waals surface area contributed by atoms with E-state index >= 15 is 0 Å². The lowest BCUT2D eigenvalue weighted by molar-refractivity contribution is -0.119. The van der Waals surface area contributed by atoms with Gasteiger partial charge in [0.1, 0.15) is 5.15 Å². The summed E-state index contributed by atoms with van der Waals surface area (Å²) in [6.07, 6.45) is 1.65. The zero-order chi connectivity index (χ0) is 9.64. The van der Waals surface area contributed by atoms with Crippen LogP contribution in [-0.2, 0) is 10.2 Å². The minimum absolute atomic E-state index is 0.00781. The number of fused-ring (bicyclic) bond motifs is 1. The molecule has 3 nitrogen and oxygen atoms in total. The molecule has 0 spiro atoms. The number of carbonyl (C=O) groups is 1. The average molecular weight is 197 g/mol. The standard InChI is InChI=1S/C9H9ClN2O/c1-9(2)5-4-11-7(10)3-6(5)12-8(9)13/h3-4H,1-2H3,(H,12,13). The molecule has 1 amide bonds. The van der Waals surface area contributed by atoms with E-state index in [9.17, 15) is 4.79 Å². The van der Waals surface area contributed by atoms with Crippen LogP contribution in [0.3, 0.4) is 0 Å². The summed E-state index contributed by atoms with van der Waals surface area (Å²) in [5.74, 6) is -0.00781. The summed E-state index contributed by atoms with van der Waals surface area (Å²) in [5, 5.41) is 3.16. The van der Waals surface area contributed by atoms with Gasteiger partial charge < -0.3 is 5.32 Å². The Bertz CT molecular complexity index is 387. The number of nitrogens with zero attached hydrogens (tertiary/aromatic N) is 1. The fraction of sp³-hybridized carbons (Fsp3) is 0.333. The van der Waals surface area contributed by atoms with Gasteiger partial charge in [0.25, 0.3) is 0 Å². The lowest BCUT2D eigenvalue weighted by Gasteiger charge is -2.13. The molecule has 0 atom stereocenters. The topological polar surface area (TPSA) is 42.0 Å². The zero-order valence-electron chi connectivity index (χ0n) is 7.39. The Morgan fingerprint density at radius 1 is 1.54 bits per heavy atom. The predicted molar refractivity (Wildman–Crippen MR) is 50.9 cm³/mol. The van der Waals surface area contributed by atoms with Crippen molar-refractivity contribution < 1.29 is 4.79 Å². The van der Waals surface area contributed by atoms with Gasteiger partial charge in [-0.2, -0.15) is 0 Å². The molecule has 2 heterocycles. The van der Waals surface area contributed by atoms with Gasteiger partial charge in [0.05, 0.1) is 5.41 Å². The van der Waals surface area contributed by atoms with Crippen molar-refractivity contribution in [3.63, 3.8) is 0 Å². The van der Waals surface area contributed by atoms with Gasteiger partial charge >= 0.3 is 0 Å². The number of aromatic nitrogens is 1. The molecule has 0 bridgehead atoms. The van der Waals surface area contributed by atoms with Gasteiger partial charge in [0.2, 0.25) is 5.91 Å². The lowest BCUT2D eigenvalue weighted by atomic mass is 9.87. The fourth-order valence-corrected chi connectivity index (χ4v) is 1.59. The molecular weight excluding hydrogens is 188 g/mol. The Hall–Kier alpha value is -1.09. The Kier molecular flexibility index (Phi) is 1.60. The number of rotatable bonds is 0. The maximum absolute atomic E-state index is 11.5. The number of amides is 1. The van der Waals surface area contributed by atoms with Crippen LogP contribution in [0.5, 0.6) is 0 Å². The maximum Gasteiger partial charge on any atom is 0.234 e. The van der Waals surface area contributed by atoms with E-state index in [0.29, 0.717) is 5.15 Å². The molecule has 0 fully saturated rings. The van der Waals surface area contributed by atoms with Crippen LogP contribution >= 0.6 is 11.6 Å². The van der Waals surface area contributed by atoms with Crippen molar-refractivity contribution in [1.82, 2.24) is 4.98 Å². The fourth-order valence-electron chi connectivity index (χ4n) is 1.43. The number of pyridine rings is 1. The van der Waals surface area contributed by atoms with Crippen LogP contribution < -0.4 is 5.32 Å². The van der Waals surface area contributed by atoms with E-state index in [0.717, 1.165) is 11.3 Å². The molecule has 4 heteroatoms. The number of hydrogen-bond acceptors (Lipinski definition) is 2. The quantitative estimate of drug-likeness (QED) is 0.645. The van der Waals surface area contributed by atoms with Gasteiger partial charge in [0, 0.05) is 17.4 Å². The highest BCUT2D eigenvalue weighted by Gasteiger charge is 2.38. The first kappa shape index (κ1) is 8.51. The molecular formula is C9H9ClN2O. The minimum atomic E-state index is -0.493. The molecule has 2 rings (SSSR count). The third-order valence-corrected chi connectivity index (χ3v) is 2.57. The molecule has 0 radical (unpaired) electrons. The first-order chi connectivity index (χ1) is 6.01. The van der Waals surface area contributed by atoms with Gasteiger partial charge in [-0.15, -0.1) is 0 Å². The van der Waals surface area contributed by atoms with Crippen molar-refractivity contribution in [2.24, 2.45) is 0 Å². The summed E-state index contributed by atoms with van der Waals surface area (Å²) in [5.41, 5.74) is 1.18. The summed E-state index contributed by atoms with van der Waals surface area (Å²) in [6, 6.07) is 1.67. The summed E-state index contributed by atoms with van der Waals surface area (Å²) >= 11 is 5.70. The molecule has 1 aromatic rings. The van der Waals surface area contributed by atoms with E-state index in [2.05, 4.69) is 10.3 Å². The molecule has 1 aliphatic rings. The van der Waals surface area contributed by atoms with Crippen LogP contribution in [-0.4, -0.2) is 10.9 Å². The van der Waals surface area contributed by atoms with Crippen LogP contribution in [0.4, 0.5) is 5.69 Å². The Morgan fingerprint density at radius 2 is 2.23 bits per heavy atom. The van der Waals surface area contributed by atoms with Crippen LogP contribution in [0.15, 0.2) is 12.3 Å². The van der Waals surface area contributed by atoms with Crippen molar-refractivity contribution in [3.8, 4) is 0 Å². The van der Waals surface area contributed by atoms with Crippen molar-refractivity contribution >= 4 is 23.2 Å². The largest absolute Gasteiger partial charge is 0.325 e. The van der Waals surface area contributed by atoms with Crippen LogP contribution in [0.1, 0.15) is 19.4 Å². The maximum atomic E-state index is 11.5. The Morgan fingerprint density at radius 3 is 2.92 bits per heavy atom. The first-order valence-electron chi connectivity index (χ1n) is 3.99. The van der Waals surface area contributed by atoms with Crippen LogP contribution in [0, 0.1) is 0 Å². The second-order valence-corrected chi connectivity index (χ2v) is 4.02. The summed E-state index contributed by atoms with van der Waals surface area (Å²) in [7, 11) is 0. The lowest BCUT2D eigenvalue weighted by Crippen LogP contribution is -2.26.